The van der Waals surface area contributed by atoms with Crippen LogP contribution in [0, 0.1) is 13.8 Å². The van der Waals surface area contributed by atoms with Crippen LogP contribution in [-0.2, 0) is 19.6 Å². The van der Waals surface area contributed by atoms with Gasteiger partial charge >= 0.3 is 0 Å². The molecule has 0 radical (unpaired) electrons. The number of nitrogens with zero attached hydrogens (tertiary/aromatic N) is 5. The standard InChI is InChI=1S/C18H24N6O/c1-14-15(2)23(13-21-14)7-6-19-9-16-4-5-18(25-3)17(8-16)10-24-12-20-11-22-24/h4-5,8,11-13,19H,6-7,9-10H2,1-3H3. The van der Waals surface area contributed by atoms with E-state index in [0.717, 1.165) is 36.6 Å². The van der Waals surface area contributed by atoms with Gasteiger partial charge in [-0.1, -0.05) is 6.07 Å². The Hall–Kier alpha value is -2.67. The second-order valence-electron chi connectivity index (χ2n) is 6.02. The van der Waals surface area contributed by atoms with Crippen LogP contribution in [-0.4, -0.2) is 38.0 Å². The molecule has 0 atom stereocenters. The molecule has 2 aromatic heterocycles. The van der Waals surface area contributed by atoms with E-state index in [1.54, 1.807) is 18.1 Å². The fourth-order valence-electron chi connectivity index (χ4n) is 2.76. The van der Waals surface area contributed by atoms with Crippen LogP contribution >= 0.6 is 0 Å². The maximum Gasteiger partial charge on any atom is 0.137 e. The highest BCUT2D eigenvalue weighted by atomic mass is 16.5. The van der Waals surface area contributed by atoms with Crippen molar-refractivity contribution >= 4 is 0 Å². The number of nitrogens with one attached hydrogen (secondary N) is 1. The van der Waals surface area contributed by atoms with Gasteiger partial charge in [0.1, 0.15) is 18.4 Å². The maximum absolute atomic E-state index is 5.46. The molecule has 0 aliphatic heterocycles. The molecule has 1 aromatic carbocycles. The normalized spacial score (nSPS) is 11.0. The fraction of sp³-hybridized carbons (Fsp3) is 0.389. The molecule has 3 aromatic rings. The molecular formula is C18H24N6O. The summed E-state index contributed by atoms with van der Waals surface area (Å²) in [5.41, 5.74) is 4.62. The quantitative estimate of drug-likeness (QED) is 0.635. The van der Waals surface area contributed by atoms with Gasteiger partial charge < -0.3 is 14.6 Å². The van der Waals surface area contributed by atoms with Gasteiger partial charge in [0.25, 0.3) is 0 Å². The van der Waals surface area contributed by atoms with Crippen molar-refractivity contribution in [2.75, 3.05) is 13.7 Å². The first kappa shape index (κ1) is 17.2. The number of hydrogen-bond acceptors (Lipinski definition) is 5. The van der Waals surface area contributed by atoms with Crippen LogP contribution in [0.25, 0.3) is 0 Å². The Balaban J connectivity index is 1.57. The zero-order valence-electron chi connectivity index (χ0n) is 14.9. The zero-order valence-corrected chi connectivity index (χ0v) is 14.9. The third-order valence-electron chi connectivity index (χ3n) is 4.35. The van der Waals surface area contributed by atoms with Crippen LogP contribution in [0.3, 0.4) is 0 Å². The Labute approximate surface area is 147 Å². The average molecular weight is 340 g/mol. The van der Waals surface area contributed by atoms with E-state index in [9.17, 15) is 0 Å². The van der Waals surface area contributed by atoms with E-state index in [1.165, 1.54) is 17.6 Å². The number of methoxy groups -OCH3 is 1. The first-order valence-electron chi connectivity index (χ1n) is 8.34. The summed E-state index contributed by atoms with van der Waals surface area (Å²) in [4.78, 5) is 8.31. The molecule has 0 aliphatic rings. The predicted molar refractivity (Wildman–Crippen MR) is 95.5 cm³/mol. The van der Waals surface area contributed by atoms with Crippen LogP contribution in [0.4, 0.5) is 0 Å². The Morgan fingerprint density at radius 2 is 2.08 bits per heavy atom. The zero-order chi connectivity index (χ0) is 17.6. The summed E-state index contributed by atoms with van der Waals surface area (Å²) in [6.45, 7) is 7.39. The molecule has 0 unspecified atom stereocenters. The van der Waals surface area contributed by atoms with Crippen LogP contribution in [0.1, 0.15) is 22.5 Å². The first-order chi connectivity index (χ1) is 12.2. The summed E-state index contributed by atoms with van der Waals surface area (Å²) in [6, 6.07) is 6.25. The molecule has 0 bridgehead atoms. The molecule has 3 rings (SSSR count). The monoisotopic (exact) mass is 340 g/mol. The minimum atomic E-state index is 0.643. The summed E-state index contributed by atoms with van der Waals surface area (Å²) in [5.74, 6) is 0.865. The van der Waals surface area contributed by atoms with Gasteiger partial charge in [-0.3, -0.25) is 0 Å². The third-order valence-corrected chi connectivity index (χ3v) is 4.35. The van der Waals surface area contributed by atoms with E-state index in [0.29, 0.717) is 6.54 Å². The number of aryl methyl sites for hydroxylation is 1. The second kappa shape index (κ2) is 7.94. The molecule has 1 N–H and O–H groups in total. The number of imidazole rings is 1. The Morgan fingerprint density at radius 1 is 1.20 bits per heavy atom. The number of rotatable bonds is 8. The van der Waals surface area contributed by atoms with Crippen molar-refractivity contribution in [1.82, 2.24) is 29.6 Å². The van der Waals surface area contributed by atoms with Crippen LogP contribution in [0.15, 0.2) is 37.2 Å². The smallest absolute Gasteiger partial charge is 0.137 e. The Morgan fingerprint density at radius 3 is 2.76 bits per heavy atom. The number of hydrogen-bond donors (Lipinski definition) is 1. The summed E-state index contributed by atoms with van der Waals surface area (Å²) in [6.07, 6.45) is 5.15. The van der Waals surface area contributed by atoms with Crippen molar-refractivity contribution in [3.8, 4) is 5.75 Å². The van der Waals surface area contributed by atoms with Gasteiger partial charge in [0, 0.05) is 30.9 Å². The van der Waals surface area contributed by atoms with Crippen LogP contribution in [0.2, 0.25) is 0 Å². The lowest BCUT2D eigenvalue weighted by atomic mass is 10.1. The van der Waals surface area contributed by atoms with Crippen LogP contribution in [0.5, 0.6) is 5.75 Å². The minimum Gasteiger partial charge on any atom is -0.496 e. The number of ether oxygens (including phenoxy) is 1. The van der Waals surface area contributed by atoms with Crippen LogP contribution < -0.4 is 10.1 Å². The molecule has 7 heteroatoms. The molecule has 0 fully saturated rings. The lowest BCUT2D eigenvalue weighted by Gasteiger charge is -2.12. The topological polar surface area (TPSA) is 69.8 Å². The van der Waals surface area contributed by atoms with Gasteiger partial charge in [0.05, 0.1) is 25.7 Å². The van der Waals surface area contributed by atoms with Gasteiger partial charge in [-0.25, -0.2) is 14.6 Å². The van der Waals surface area contributed by atoms with E-state index < -0.39 is 0 Å². The van der Waals surface area contributed by atoms with Gasteiger partial charge in [0.15, 0.2) is 0 Å². The van der Waals surface area contributed by atoms with Crippen molar-refractivity contribution in [3.05, 3.63) is 59.7 Å². The summed E-state index contributed by atoms with van der Waals surface area (Å²) in [7, 11) is 1.69. The van der Waals surface area contributed by atoms with Crippen molar-refractivity contribution in [2.24, 2.45) is 0 Å². The van der Waals surface area contributed by atoms with Gasteiger partial charge in [0.2, 0.25) is 0 Å². The highest BCUT2D eigenvalue weighted by Crippen LogP contribution is 2.20. The highest BCUT2D eigenvalue weighted by molar-refractivity contribution is 5.37. The van der Waals surface area contributed by atoms with Crippen molar-refractivity contribution < 1.29 is 4.74 Å². The lowest BCUT2D eigenvalue weighted by Crippen LogP contribution is -2.20. The van der Waals surface area contributed by atoms with Gasteiger partial charge in [-0.15, -0.1) is 0 Å². The summed E-state index contributed by atoms with van der Waals surface area (Å²) >= 11 is 0. The molecule has 25 heavy (non-hydrogen) atoms. The Bertz CT molecular complexity index is 809. The van der Waals surface area contributed by atoms with Crippen molar-refractivity contribution in [1.29, 1.82) is 0 Å². The van der Waals surface area contributed by atoms with E-state index in [4.69, 9.17) is 4.74 Å². The van der Waals surface area contributed by atoms with E-state index in [-0.39, 0.29) is 0 Å². The van der Waals surface area contributed by atoms with Crippen molar-refractivity contribution in [2.45, 2.75) is 33.5 Å². The molecule has 0 spiro atoms. The third kappa shape index (κ3) is 4.24. The molecule has 7 nitrogen and oxygen atoms in total. The van der Waals surface area contributed by atoms with E-state index >= 15 is 0 Å². The van der Waals surface area contributed by atoms with E-state index in [1.807, 2.05) is 19.3 Å². The van der Waals surface area contributed by atoms with E-state index in [2.05, 4.69) is 44.0 Å². The minimum absolute atomic E-state index is 0.643. The number of aromatic nitrogens is 5. The molecule has 2 heterocycles. The molecule has 0 saturated carbocycles. The SMILES string of the molecule is COc1ccc(CNCCn2cnc(C)c2C)cc1Cn1cncn1. The largest absolute Gasteiger partial charge is 0.496 e. The van der Waals surface area contributed by atoms with Gasteiger partial charge in [-0.05, 0) is 31.5 Å². The second-order valence-corrected chi connectivity index (χ2v) is 6.02. The lowest BCUT2D eigenvalue weighted by molar-refractivity contribution is 0.407. The fourth-order valence-corrected chi connectivity index (χ4v) is 2.76. The maximum atomic E-state index is 5.46. The van der Waals surface area contributed by atoms with Gasteiger partial charge in [-0.2, -0.15) is 5.10 Å². The number of benzene rings is 1. The molecule has 132 valence electrons. The highest BCUT2D eigenvalue weighted by Gasteiger charge is 2.06. The average Bonchev–Trinajstić information content (AvgIpc) is 3.24. The Kier molecular flexibility index (Phi) is 5.45. The molecule has 0 aliphatic carbocycles. The first-order valence-corrected chi connectivity index (χ1v) is 8.34. The molecule has 0 amide bonds. The summed E-state index contributed by atoms with van der Waals surface area (Å²) in [5, 5.41) is 7.65. The summed E-state index contributed by atoms with van der Waals surface area (Å²) < 4.78 is 9.42. The van der Waals surface area contributed by atoms with Crippen molar-refractivity contribution in [3.63, 3.8) is 0 Å². The predicted octanol–water partition coefficient (Wildman–Crippen LogP) is 1.94. The molecular weight excluding hydrogens is 316 g/mol. The molecule has 0 saturated heterocycles.